The van der Waals surface area contributed by atoms with E-state index in [9.17, 15) is 4.79 Å². The number of anilines is 1. The number of amides is 1. The normalized spacial score (nSPS) is 10.1. The third kappa shape index (κ3) is 3.55. The zero-order chi connectivity index (χ0) is 15.4. The molecule has 2 aromatic rings. The smallest absolute Gasteiger partial charge is 0.255 e. The van der Waals surface area contributed by atoms with Crippen molar-refractivity contribution in [3.63, 3.8) is 0 Å². The van der Waals surface area contributed by atoms with Crippen molar-refractivity contribution in [1.29, 1.82) is 0 Å². The minimum absolute atomic E-state index is 0.197. The quantitative estimate of drug-likeness (QED) is 0.906. The standard InChI is InChI=1S/C16H16BrNO3/c1-10-4-6-11(7-5-10)16(19)18-13-9-14(20-2)12(17)8-15(13)21-3/h4-9H,1-3H3,(H,18,19). The Bertz CT molecular complexity index is 653. The lowest BCUT2D eigenvalue weighted by Gasteiger charge is -2.13. The molecule has 0 aromatic heterocycles. The van der Waals surface area contributed by atoms with Gasteiger partial charge in [-0.05, 0) is 35.0 Å². The molecule has 4 nitrogen and oxygen atoms in total. The summed E-state index contributed by atoms with van der Waals surface area (Å²) in [5.41, 5.74) is 2.25. The Balaban J connectivity index is 2.29. The summed E-state index contributed by atoms with van der Waals surface area (Å²) in [5.74, 6) is 0.982. The van der Waals surface area contributed by atoms with Gasteiger partial charge < -0.3 is 14.8 Å². The van der Waals surface area contributed by atoms with Gasteiger partial charge >= 0.3 is 0 Å². The molecule has 0 aliphatic heterocycles. The van der Waals surface area contributed by atoms with Crippen LogP contribution in [-0.4, -0.2) is 20.1 Å². The van der Waals surface area contributed by atoms with Crippen molar-refractivity contribution >= 4 is 27.5 Å². The lowest BCUT2D eigenvalue weighted by atomic mass is 10.1. The number of carbonyl (C=O) groups is 1. The highest BCUT2D eigenvalue weighted by Gasteiger charge is 2.13. The van der Waals surface area contributed by atoms with E-state index in [1.165, 1.54) is 0 Å². The Morgan fingerprint density at radius 3 is 2.24 bits per heavy atom. The van der Waals surface area contributed by atoms with Crippen LogP contribution in [0.5, 0.6) is 11.5 Å². The summed E-state index contributed by atoms with van der Waals surface area (Å²) in [4.78, 5) is 12.3. The van der Waals surface area contributed by atoms with Gasteiger partial charge in [-0.1, -0.05) is 17.7 Å². The first kappa shape index (κ1) is 15.4. The van der Waals surface area contributed by atoms with Crippen LogP contribution in [0.1, 0.15) is 15.9 Å². The van der Waals surface area contributed by atoms with Gasteiger partial charge in [-0.15, -0.1) is 0 Å². The molecule has 110 valence electrons. The van der Waals surface area contributed by atoms with Crippen molar-refractivity contribution in [3.8, 4) is 11.5 Å². The molecule has 1 N–H and O–H groups in total. The van der Waals surface area contributed by atoms with E-state index in [0.717, 1.165) is 10.0 Å². The minimum atomic E-state index is -0.197. The number of nitrogens with one attached hydrogen (secondary N) is 1. The second-order valence-corrected chi connectivity index (χ2v) is 5.36. The number of rotatable bonds is 4. The molecule has 0 saturated carbocycles. The molecule has 2 aromatic carbocycles. The zero-order valence-electron chi connectivity index (χ0n) is 12.1. The summed E-state index contributed by atoms with van der Waals surface area (Å²) in [5, 5.41) is 2.83. The highest BCUT2D eigenvalue weighted by Crippen LogP contribution is 2.36. The SMILES string of the molecule is COc1cc(NC(=O)c2ccc(C)cc2)c(OC)cc1Br. The number of benzene rings is 2. The van der Waals surface area contributed by atoms with Gasteiger partial charge in [0.2, 0.25) is 0 Å². The predicted molar refractivity (Wildman–Crippen MR) is 86.4 cm³/mol. The first-order valence-corrected chi connectivity index (χ1v) is 7.14. The molecule has 0 unspecified atom stereocenters. The minimum Gasteiger partial charge on any atom is -0.495 e. The molecule has 0 aliphatic rings. The predicted octanol–water partition coefficient (Wildman–Crippen LogP) is 4.03. The van der Waals surface area contributed by atoms with Crippen molar-refractivity contribution in [2.24, 2.45) is 0 Å². The molecule has 0 spiro atoms. The van der Waals surface area contributed by atoms with Crippen molar-refractivity contribution in [2.75, 3.05) is 19.5 Å². The summed E-state index contributed by atoms with van der Waals surface area (Å²) in [6.07, 6.45) is 0. The second kappa shape index (κ2) is 6.63. The molecule has 2 rings (SSSR count). The van der Waals surface area contributed by atoms with E-state index in [4.69, 9.17) is 9.47 Å². The van der Waals surface area contributed by atoms with E-state index in [0.29, 0.717) is 22.7 Å². The van der Waals surface area contributed by atoms with Crippen LogP contribution < -0.4 is 14.8 Å². The van der Waals surface area contributed by atoms with Crippen LogP contribution in [0, 0.1) is 6.92 Å². The Morgan fingerprint density at radius 1 is 1.05 bits per heavy atom. The summed E-state index contributed by atoms with van der Waals surface area (Å²) in [6.45, 7) is 1.98. The van der Waals surface area contributed by atoms with Gasteiger partial charge in [-0.3, -0.25) is 4.79 Å². The number of methoxy groups -OCH3 is 2. The molecule has 1 amide bonds. The molecular formula is C16H16BrNO3. The number of aryl methyl sites for hydroxylation is 1. The van der Waals surface area contributed by atoms with Crippen molar-refractivity contribution < 1.29 is 14.3 Å². The third-order valence-electron chi connectivity index (χ3n) is 3.04. The largest absolute Gasteiger partial charge is 0.495 e. The Hall–Kier alpha value is -2.01. The Kier molecular flexibility index (Phi) is 4.85. The monoisotopic (exact) mass is 349 g/mol. The van der Waals surface area contributed by atoms with Gasteiger partial charge in [-0.2, -0.15) is 0 Å². The van der Waals surface area contributed by atoms with Crippen LogP contribution in [0.2, 0.25) is 0 Å². The van der Waals surface area contributed by atoms with Crippen LogP contribution in [-0.2, 0) is 0 Å². The van der Waals surface area contributed by atoms with Gasteiger partial charge in [0.25, 0.3) is 5.91 Å². The molecule has 0 saturated heterocycles. The van der Waals surface area contributed by atoms with Gasteiger partial charge in [-0.25, -0.2) is 0 Å². The number of hydrogen-bond donors (Lipinski definition) is 1. The molecule has 0 radical (unpaired) electrons. The zero-order valence-corrected chi connectivity index (χ0v) is 13.7. The third-order valence-corrected chi connectivity index (χ3v) is 3.66. The maximum atomic E-state index is 12.3. The average molecular weight is 350 g/mol. The highest BCUT2D eigenvalue weighted by atomic mass is 79.9. The van der Waals surface area contributed by atoms with E-state index in [2.05, 4.69) is 21.2 Å². The maximum absolute atomic E-state index is 12.3. The second-order valence-electron chi connectivity index (χ2n) is 4.51. The molecule has 21 heavy (non-hydrogen) atoms. The van der Waals surface area contributed by atoms with Crippen LogP contribution in [0.25, 0.3) is 0 Å². The average Bonchev–Trinajstić information content (AvgIpc) is 2.49. The van der Waals surface area contributed by atoms with Crippen LogP contribution in [0.3, 0.4) is 0 Å². The van der Waals surface area contributed by atoms with Crippen LogP contribution in [0.15, 0.2) is 40.9 Å². The van der Waals surface area contributed by atoms with Gasteiger partial charge in [0.1, 0.15) is 11.5 Å². The fraction of sp³-hybridized carbons (Fsp3) is 0.188. The fourth-order valence-corrected chi connectivity index (χ4v) is 2.34. The summed E-state index contributed by atoms with van der Waals surface area (Å²) in [6, 6.07) is 10.8. The van der Waals surface area contributed by atoms with Crippen LogP contribution in [0.4, 0.5) is 5.69 Å². The molecule has 0 fully saturated rings. The molecule has 0 aliphatic carbocycles. The first-order chi connectivity index (χ1) is 10.0. The van der Waals surface area contributed by atoms with E-state index >= 15 is 0 Å². The van der Waals surface area contributed by atoms with Gasteiger partial charge in [0.15, 0.2) is 0 Å². The molecule has 0 atom stereocenters. The number of hydrogen-bond acceptors (Lipinski definition) is 3. The highest BCUT2D eigenvalue weighted by molar-refractivity contribution is 9.10. The number of halogens is 1. The lowest BCUT2D eigenvalue weighted by molar-refractivity contribution is 0.102. The van der Waals surface area contributed by atoms with Crippen molar-refractivity contribution in [1.82, 2.24) is 0 Å². The van der Waals surface area contributed by atoms with Crippen LogP contribution >= 0.6 is 15.9 Å². The maximum Gasteiger partial charge on any atom is 0.255 e. The number of carbonyl (C=O) groups excluding carboxylic acids is 1. The van der Waals surface area contributed by atoms with Gasteiger partial charge in [0.05, 0.1) is 24.4 Å². The summed E-state index contributed by atoms with van der Waals surface area (Å²) < 4.78 is 11.3. The first-order valence-electron chi connectivity index (χ1n) is 6.34. The van der Waals surface area contributed by atoms with E-state index in [1.54, 1.807) is 38.5 Å². The molecule has 5 heteroatoms. The number of ether oxygens (including phenoxy) is 2. The molecular weight excluding hydrogens is 334 g/mol. The van der Waals surface area contributed by atoms with Crippen molar-refractivity contribution in [2.45, 2.75) is 6.92 Å². The topological polar surface area (TPSA) is 47.6 Å². The fourth-order valence-electron chi connectivity index (χ4n) is 1.86. The Labute approximate surface area is 132 Å². The van der Waals surface area contributed by atoms with Crippen molar-refractivity contribution in [3.05, 3.63) is 52.0 Å². The van der Waals surface area contributed by atoms with E-state index in [-0.39, 0.29) is 5.91 Å². The molecule has 0 heterocycles. The summed E-state index contributed by atoms with van der Waals surface area (Å²) >= 11 is 3.38. The van der Waals surface area contributed by atoms with Gasteiger partial charge in [0, 0.05) is 17.7 Å². The van der Waals surface area contributed by atoms with E-state index in [1.807, 2.05) is 19.1 Å². The Morgan fingerprint density at radius 2 is 1.67 bits per heavy atom. The van der Waals surface area contributed by atoms with E-state index < -0.39 is 0 Å². The lowest BCUT2D eigenvalue weighted by Crippen LogP contribution is -2.12. The summed E-state index contributed by atoms with van der Waals surface area (Å²) in [7, 11) is 3.12. The molecule has 0 bridgehead atoms.